The summed E-state index contributed by atoms with van der Waals surface area (Å²) in [4.78, 5) is 0. The quantitative estimate of drug-likeness (QED) is 0.501. The molecule has 0 aliphatic carbocycles. The van der Waals surface area contributed by atoms with E-state index in [9.17, 15) is 0 Å². The van der Waals surface area contributed by atoms with Crippen molar-refractivity contribution in [1.29, 1.82) is 0 Å². The Morgan fingerprint density at radius 3 is 2.46 bits per heavy atom. The maximum absolute atomic E-state index is 6.13. The number of benzene rings is 1. The number of rotatable bonds is 3. The Balaban J connectivity index is 1.51. The van der Waals surface area contributed by atoms with Gasteiger partial charge in [-0.25, -0.2) is 0 Å². The first-order valence-electron chi connectivity index (χ1n) is 7.71. The summed E-state index contributed by atoms with van der Waals surface area (Å²) in [5.41, 5.74) is 1.86. The van der Waals surface area contributed by atoms with Crippen LogP contribution < -0.4 is 25.9 Å². The van der Waals surface area contributed by atoms with E-state index in [1.165, 1.54) is 14.7 Å². The van der Waals surface area contributed by atoms with Gasteiger partial charge in [0.25, 0.3) is 0 Å². The van der Waals surface area contributed by atoms with E-state index in [-0.39, 0.29) is 21.2 Å². The predicted molar refractivity (Wildman–Crippen MR) is 92.6 cm³/mol. The first-order chi connectivity index (χ1) is 11.6. The molecule has 0 aromatic heterocycles. The molecule has 0 saturated carbocycles. The first kappa shape index (κ1) is 16.6. The fourth-order valence-electron chi connectivity index (χ4n) is 2.69. The number of ether oxygens (including phenoxy) is 1. The molecule has 128 valence electrons. The molecule has 0 amide bonds. The van der Waals surface area contributed by atoms with Crippen LogP contribution in [0.5, 0.6) is 5.75 Å². The molecular weight excluding hydrogens is 438 g/mol. The molecule has 0 spiro atoms. The molecule has 3 saturated heterocycles. The summed E-state index contributed by atoms with van der Waals surface area (Å²) < 4.78 is 26.7. The molecule has 1 aromatic rings. The normalized spacial score (nSPS) is 32.4. The Morgan fingerprint density at radius 2 is 1.79 bits per heavy atom. The molecule has 4 aliphatic heterocycles. The third-order valence-corrected chi connectivity index (χ3v) is 7.67. The van der Waals surface area contributed by atoms with Crippen molar-refractivity contribution in [3.8, 4) is 5.75 Å². The first-order valence-corrected chi connectivity index (χ1v) is 11.8. The van der Waals surface area contributed by atoms with Gasteiger partial charge in [0.05, 0.1) is 0 Å². The Bertz CT molecular complexity index is 747. The van der Waals surface area contributed by atoms with Gasteiger partial charge in [-0.15, -0.1) is 0 Å². The van der Waals surface area contributed by atoms with Crippen LogP contribution in [0, 0.1) is 0 Å². The van der Waals surface area contributed by atoms with Gasteiger partial charge in [-0.05, 0) is 6.30 Å². The van der Waals surface area contributed by atoms with Crippen molar-refractivity contribution in [2.75, 3.05) is 19.8 Å². The van der Waals surface area contributed by atoms with Crippen LogP contribution in [0.15, 0.2) is 50.2 Å². The second-order valence-corrected chi connectivity index (χ2v) is 11.1. The summed E-state index contributed by atoms with van der Waals surface area (Å²) in [5.74, 6) is 0.796. The standard InChI is InChI=1S/C18H19IO4P/c1-14-10-16(4-3-9-19-14)15-5-7-17(8-6-15)23-18-11-20-24(2,21-12-18)22-13-18/h3-10H,2,11-13H2,1H3/q-1. The average Bonchev–Trinajstić information content (AvgIpc) is 2.82. The number of allylic oxidation sites excluding steroid dienone is 5. The number of fused-ring (bicyclic) bond motifs is 3. The van der Waals surface area contributed by atoms with Crippen molar-refractivity contribution in [3.05, 3.63) is 55.7 Å². The molecule has 1 aromatic carbocycles. The molecule has 4 nitrogen and oxygen atoms in total. The number of hydrogen-bond donors (Lipinski definition) is 0. The van der Waals surface area contributed by atoms with Crippen LogP contribution in [-0.4, -0.2) is 31.7 Å². The molecule has 2 bridgehead atoms. The van der Waals surface area contributed by atoms with E-state index in [0.29, 0.717) is 19.8 Å². The van der Waals surface area contributed by atoms with E-state index in [1.54, 1.807) is 0 Å². The van der Waals surface area contributed by atoms with Crippen molar-refractivity contribution < 1.29 is 39.5 Å². The van der Waals surface area contributed by atoms with Gasteiger partial charge >= 0.3 is 146 Å². The Kier molecular flexibility index (Phi) is 4.47. The van der Waals surface area contributed by atoms with Gasteiger partial charge in [-0.1, -0.05) is 0 Å². The molecule has 3 fully saturated rings. The van der Waals surface area contributed by atoms with Gasteiger partial charge in [0.1, 0.15) is 0 Å². The minimum atomic E-state index is -2.31. The van der Waals surface area contributed by atoms with Crippen molar-refractivity contribution in [2.45, 2.75) is 12.5 Å². The van der Waals surface area contributed by atoms with Gasteiger partial charge in [0, 0.05) is 0 Å². The molecule has 0 radical (unpaired) electrons. The third-order valence-electron chi connectivity index (χ3n) is 4.03. The molecule has 4 aliphatic rings. The van der Waals surface area contributed by atoms with Gasteiger partial charge in [-0.3, -0.25) is 0 Å². The predicted octanol–water partition coefficient (Wildman–Crippen LogP) is 0.979. The van der Waals surface area contributed by atoms with Crippen LogP contribution in [-0.2, 0) is 13.6 Å². The second kappa shape index (κ2) is 6.46. The van der Waals surface area contributed by atoms with Crippen LogP contribution in [0.25, 0.3) is 5.57 Å². The Hall–Kier alpha value is -0.850. The summed E-state index contributed by atoms with van der Waals surface area (Å²) in [6.45, 7) is 3.60. The number of halogens is 1. The van der Waals surface area contributed by atoms with Crippen molar-refractivity contribution in [1.82, 2.24) is 0 Å². The van der Waals surface area contributed by atoms with Crippen molar-refractivity contribution in [2.24, 2.45) is 0 Å². The molecule has 5 rings (SSSR count). The van der Waals surface area contributed by atoms with Gasteiger partial charge < -0.3 is 0 Å². The molecule has 0 unspecified atom stereocenters. The van der Waals surface area contributed by atoms with E-state index < -0.39 is 13.2 Å². The second-order valence-electron chi connectivity index (χ2n) is 6.02. The summed E-state index contributed by atoms with van der Waals surface area (Å²) >= 11 is 0.0368. The average molecular weight is 457 g/mol. The molecule has 6 heteroatoms. The third kappa shape index (κ3) is 3.41. The monoisotopic (exact) mass is 457 g/mol. The van der Waals surface area contributed by atoms with E-state index in [1.807, 2.05) is 12.1 Å². The maximum atomic E-state index is 6.13. The van der Waals surface area contributed by atoms with Gasteiger partial charge in [-0.2, -0.15) is 0 Å². The zero-order chi connectivity index (χ0) is 16.6. The molecule has 0 atom stereocenters. The van der Waals surface area contributed by atoms with Gasteiger partial charge in [0.2, 0.25) is 0 Å². The SMILES string of the molecule is C=P12OCC(Oc3ccc(C4=CC=C[I-]C(C)=C4)cc3)(CO1)CO2. The Morgan fingerprint density at radius 1 is 1.12 bits per heavy atom. The van der Waals surface area contributed by atoms with Crippen molar-refractivity contribution >= 4 is 19.4 Å². The minimum absolute atomic E-state index is 0.0368. The summed E-state index contributed by atoms with van der Waals surface area (Å²) in [7, 11) is -2.31. The molecular formula is C18H19IO4P-. The molecule has 0 N–H and O–H groups in total. The summed E-state index contributed by atoms with van der Waals surface area (Å²) in [6.07, 6.45) is 10.5. The van der Waals surface area contributed by atoms with Crippen molar-refractivity contribution in [3.63, 3.8) is 0 Å². The Labute approximate surface area is 152 Å². The van der Waals surface area contributed by atoms with E-state index in [0.717, 1.165) is 5.75 Å². The van der Waals surface area contributed by atoms with Gasteiger partial charge in [0.15, 0.2) is 0 Å². The van der Waals surface area contributed by atoms with E-state index in [2.05, 4.69) is 47.7 Å². The van der Waals surface area contributed by atoms with Crippen LogP contribution in [0.2, 0.25) is 0 Å². The molecule has 24 heavy (non-hydrogen) atoms. The topological polar surface area (TPSA) is 36.9 Å². The fourth-order valence-corrected chi connectivity index (χ4v) is 5.71. The van der Waals surface area contributed by atoms with Crippen LogP contribution in [0.3, 0.4) is 0 Å². The zero-order valence-electron chi connectivity index (χ0n) is 13.4. The summed E-state index contributed by atoms with van der Waals surface area (Å²) in [5, 5.41) is 0. The van der Waals surface area contributed by atoms with Crippen LogP contribution in [0.1, 0.15) is 12.5 Å². The zero-order valence-corrected chi connectivity index (χ0v) is 16.5. The van der Waals surface area contributed by atoms with Crippen LogP contribution >= 0.6 is 7.57 Å². The number of hydrogen-bond acceptors (Lipinski definition) is 4. The van der Waals surface area contributed by atoms with E-state index in [4.69, 9.17) is 18.3 Å². The summed E-state index contributed by atoms with van der Waals surface area (Å²) in [6, 6.07) is 8.17. The van der Waals surface area contributed by atoms with Crippen LogP contribution in [0.4, 0.5) is 0 Å². The molecule has 4 heterocycles. The fraction of sp³-hybridized carbons (Fsp3) is 0.278. The van der Waals surface area contributed by atoms with E-state index >= 15 is 0 Å².